The Hall–Kier alpha value is -1.74. The van der Waals surface area contributed by atoms with Gasteiger partial charge in [-0.1, -0.05) is 29.8 Å². The molecule has 0 aromatic heterocycles. The molecule has 0 saturated heterocycles. The maximum Gasteiger partial charge on any atom is 0.126 e. The Morgan fingerprint density at radius 1 is 0.947 bits per heavy atom. The fourth-order valence-electron chi connectivity index (χ4n) is 2.04. The van der Waals surface area contributed by atoms with Crippen LogP contribution in [0.1, 0.15) is 16.7 Å². The van der Waals surface area contributed by atoms with Crippen LogP contribution in [0.15, 0.2) is 42.5 Å². The fourth-order valence-corrected chi connectivity index (χ4v) is 2.04. The summed E-state index contributed by atoms with van der Waals surface area (Å²) in [6.45, 7) is 3.51. The lowest BCUT2D eigenvalue weighted by Crippen LogP contribution is -2.16. The van der Waals surface area contributed by atoms with Crippen molar-refractivity contribution >= 4 is 0 Å². The van der Waals surface area contributed by atoms with E-state index in [2.05, 4.69) is 30.4 Å². The van der Waals surface area contributed by atoms with Gasteiger partial charge in [-0.2, -0.15) is 0 Å². The Kier molecular flexibility index (Phi) is 4.63. The molecule has 0 spiro atoms. The Morgan fingerprint density at radius 3 is 2.37 bits per heavy atom. The molecule has 0 fully saturated rings. The predicted molar refractivity (Wildman–Crippen MR) is 72.9 cm³/mol. The summed E-state index contributed by atoms with van der Waals surface area (Å²) in [5.74, 6) is -1.04. The first-order chi connectivity index (χ1) is 9.13. The largest absolute Gasteiger partial charge is 0.312 e. The highest BCUT2D eigenvalue weighted by Crippen LogP contribution is 2.08. The first-order valence-electron chi connectivity index (χ1n) is 6.35. The highest BCUT2D eigenvalue weighted by molar-refractivity contribution is 5.22. The third-order valence-electron chi connectivity index (χ3n) is 2.92. The molecule has 2 aromatic carbocycles. The summed E-state index contributed by atoms with van der Waals surface area (Å²) in [4.78, 5) is 0. The van der Waals surface area contributed by atoms with Crippen molar-refractivity contribution < 1.29 is 8.78 Å². The van der Waals surface area contributed by atoms with Crippen LogP contribution in [0, 0.1) is 18.6 Å². The minimum Gasteiger partial charge on any atom is -0.312 e. The zero-order valence-corrected chi connectivity index (χ0v) is 10.9. The smallest absolute Gasteiger partial charge is 0.126 e. The van der Waals surface area contributed by atoms with Crippen LogP contribution in [-0.4, -0.2) is 6.54 Å². The third-order valence-corrected chi connectivity index (χ3v) is 2.92. The van der Waals surface area contributed by atoms with Crippen molar-refractivity contribution in [3.8, 4) is 0 Å². The standard InChI is InChI=1S/C16H17F2N/c1-12-3-2-4-14(7-12)11-19-6-5-13-8-15(17)10-16(18)9-13/h2-4,7-10,19H,5-6,11H2,1H3. The van der Waals surface area contributed by atoms with E-state index >= 15 is 0 Å². The van der Waals surface area contributed by atoms with Crippen molar-refractivity contribution in [2.24, 2.45) is 0 Å². The first kappa shape index (κ1) is 13.7. The van der Waals surface area contributed by atoms with Gasteiger partial charge in [0.2, 0.25) is 0 Å². The maximum absolute atomic E-state index is 13.0. The number of aryl methyl sites for hydroxylation is 1. The van der Waals surface area contributed by atoms with E-state index in [0.29, 0.717) is 18.5 Å². The van der Waals surface area contributed by atoms with Gasteiger partial charge in [0.15, 0.2) is 0 Å². The minimum atomic E-state index is -0.520. The summed E-state index contributed by atoms with van der Waals surface area (Å²) in [6.07, 6.45) is 0.612. The van der Waals surface area contributed by atoms with E-state index in [9.17, 15) is 8.78 Å². The molecular formula is C16H17F2N. The normalized spacial score (nSPS) is 10.7. The molecule has 0 heterocycles. The Morgan fingerprint density at radius 2 is 1.68 bits per heavy atom. The lowest BCUT2D eigenvalue weighted by Gasteiger charge is -2.06. The van der Waals surface area contributed by atoms with Crippen LogP contribution in [0.2, 0.25) is 0 Å². The number of nitrogens with one attached hydrogen (secondary N) is 1. The molecule has 19 heavy (non-hydrogen) atoms. The second-order valence-corrected chi connectivity index (χ2v) is 4.69. The van der Waals surface area contributed by atoms with Crippen LogP contribution in [0.3, 0.4) is 0 Å². The molecule has 0 unspecified atom stereocenters. The van der Waals surface area contributed by atoms with Crippen LogP contribution in [0.4, 0.5) is 8.78 Å². The van der Waals surface area contributed by atoms with E-state index in [1.54, 1.807) is 0 Å². The summed E-state index contributed by atoms with van der Waals surface area (Å²) < 4.78 is 26.0. The molecular weight excluding hydrogens is 244 g/mol. The highest BCUT2D eigenvalue weighted by Gasteiger charge is 2.00. The summed E-state index contributed by atoms with van der Waals surface area (Å²) >= 11 is 0. The average molecular weight is 261 g/mol. The molecule has 0 atom stereocenters. The Bertz CT molecular complexity index is 532. The molecule has 0 saturated carbocycles. The van der Waals surface area contributed by atoms with Crippen LogP contribution in [0.25, 0.3) is 0 Å². The molecule has 100 valence electrons. The molecule has 2 aromatic rings. The molecule has 0 aliphatic rings. The van der Waals surface area contributed by atoms with E-state index in [0.717, 1.165) is 12.6 Å². The number of halogens is 2. The summed E-state index contributed by atoms with van der Waals surface area (Å²) in [7, 11) is 0. The molecule has 1 nitrogen and oxygen atoms in total. The zero-order chi connectivity index (χ0) is 13.7. The van der Waals surface area contributed by atoms with E-state index < -0.39 is 11.6 Å². The van der Waals surface area contributed by atoms with Crippen molar-refractivity contribution in [1.82, 2.24) is 5.32 Å². The van der Waals surface area contributed by atoms with Gasteiger partial charge in [-0.3, -0.25) is 0 Å². The molecule has 0 aliphatic heterocycles. The summed E-state index contributed by atoms with van der Waals surface area (Å²) in [5.41, 5.74) is 3.12. The molecule has 0 amide bonds. The Labute approximate surface area is 112 Å². The molecule has 3 heteroatoms. The van der Waals surface area contributed by atoms with Gasteiger partial charge >= 0.3 is 0 Å². The van der Waals surface area contributed by atoms with Gasteiger partial charge in [0.25, 0.3) is 0 Å². The van der Waals surface area contributed by atoms with Crippen molar-refractivity contribution in [3.63, 3.8) is 0 Å². The predicted octanol–water partition coefficient (Wildman–Crippen LogP) is 3.61. The van der Waals surface area contributed by atoms with E-state index in [1.807, 2.05) is 6.07 Å². The first-order valence-corrected chi connectivity index (χ1v) is 6.35. The molecule has 0 radical (unpaired) electrons. The number of benzene rings is 2. The molecule has 0 aliphatic carbocycles. The molecule has 0 bridgehead atoms. The van der Waals surface area contributed by atoms with Gasteiger partial charge in [-0.15, -0.1) is 0 Å². The maximum atomic E-state index is 13.0. The number of hydrogen-bond acceptors (Lipinski definition) is 1. The van der Waals surface area contributed by atoms with Gasteiger partial charge in [0.05, 0.1) is 0 Å². The average Bonchev–Trinajstić information content (AvgIpc) is 2.34. The lowest BCUT2D eigenvalue weighted by molar-refractivity contribution is 0.577. The number of rotatable bonds is 5. The number of hydrogen-bond donors (Lipinski definition) is 1. The van der Waals surface area contributed by atoms with Gasteiger partial charge in [0.1, 0.15) is 11.6 Å². The molecule has 2 rings (SSSR count). The Balaban J connectivity index is 1.80. The SMILES string of the molecule is Cc1cccc(CNCCc2cc(F)cc(F)c2)c1. The minimum absolute atomic E-state index is 0.520. The summed E-state index contributed by atoms with van der Waals surface area (Å²) in [5, 5.41) is 3.27. The fraction of sp³-hybridized carbons (Fsp3) is 0.250. The van der Waals surface area contributed by atoms with Crippen LogP contribution in [-0.2, 0) is 13.0 Å². The monoisotopic (exact) mass is 261 g/mol. The lowest BCUT2D eigenvalue weighted by atomic mass is 10.1. The van der Waals surface area contributed by atoms with Crippen molar-refractivity contribution in [2.45, 2.75) is 19.9 Å². The quantitative estimate of drug-likeness (QED) is 0.811. The summed E-state index contributed by atoms with van der Waals surface area (Å²) in [6, 6.07) is 11.9. The van der Waals surface area contributed by atoms with Gasteiger partial charge in [-0.05, 0) is 43.1 Å². The van der Waals surface area contributed by atoms with E-state index in [4.69, 9.17) is 0 Å². The highest BCUT2D eigenvalue weighted by atomic mass is 19.1. The van der Waals surface area contributed by atoms with E-state index in [1.165, 1.54) is 23.3 Å². The van der Waals surface area contributed by atoms with Gasteiger partial charge in [0, 0.05) is 12.6 Å². The zero-order valence-electron chi connectivity index (χ0n) is 10.9. The topological polar surface area (TPSA) is 12.0 Å². The van der Waals surface area contributed by atoms with Crippen LogP contribution in [0.5, 0.6) is 0 Å². The van der Waals surface area contributed by atoms with E-state index in [-0.39, 0.29) is 0 Å². The molecule has 1 N–H and O–H groups in total. The second kappa shape index (κ2) is 6.43. The van der Waals surface area contributed by atoms with Gasteiger partial charge < -0.3 is 5.32 Å². The van der Waals surface area contributed by atoms with Crippen molar-refractivity contribution in [1.29, 1.82) is 0 Å². The second-order valence-electron chi connectivity index (χ2n) is 4.69. The van der Waals surface area contributed by atoms with Crippen LogP contribution >= 0.6 is 0 Å². The van der Waals surface area contributed by atoms with Gasteiger partial charge in [-0.25, -0.2) is 8.78 Å². The van der Waals surface area contributed by atoms with Crippen molar-refractivity contribution in [2.75, 3.05) is 6.54 Å². The van der Waals surface area contributed by atoms with Crippen LogP contribution < -0.4 is 5.32 Å². The third kappa shape index (κ3) is 4.45. The van der Waals surface area contributed by atoms with Crippen molar-refractivity contribution in [3.05, 3.63) is 70.8 Å².